The summed E-state index contributed by atoms with van der Waals surface area (Å²) in [5, 5.41) is 2.44. The number of hydrogen-bond acceptors (Lipinski definition) is 2. The van der Waals surface area contributed by atoms with Crippen LogP contribution in [0.4, 0.5) is 8.78 Å². The largest absolute Gasteiger partial charge is 0.317 e. The quantitative estimate of drug-likeness (QED) is 0.632. The van der Waals surface area contributed by atoms with Gasteiger partial charge in [-0.25, -0.2) is 8.78 Å². The number of carbonyl (C=O) groups excluding carboxylic acids is 1. The molecule has 2 atom stereocenters. The van der Waals surface area contributed by atoms with E-state index in [1.807, 2.05) is 0 Å². The lowest BCUT2D eigenvalue weighted by Crippen LogP contribution is -2.32. The number of rotatable bonds is 4. The lowest BCUT2D eigenvalue weighted by Gasteiger charge is -2.08. The van der Waals surface area contributed by atoms with Gasteiger partial charge in [-0.1, -0.05) is 0 Å². The minimum atomic E-state index is -1.98. The third kappa shape index (κ3) is 2.87. The van der Waals surface area contributed by atoms with Gasteiger partial charge < -0.3 is 5.32 Å². The van der Waals surface area contributed by atoms with Gasteiger partial charge in [-0.2, -0.15) is 0 Å². The second-order valence-electron chi connectivity index (χ2n) is 2.09. The molecule has 0 saturated carbocycles. The molecule has 0 fully saturated rings. The Balaban J connectivity index is 3.69. The van der Waals surface area contributed by atoms with Crippen LogP contribution in [-0.2, 0) is 4.79 Å². The summed E-state index contributed by atoms with van der Waals surface area (Å²) < 4.78 is 24.7. The van der Waals surface area contributed by atoms with Crippen molar-refractivity contribution >= 4 is 5.78 Å². The molecule has 0 spiro atoms. The molecule has 4 heteroatoms. The van der Waals surface area contributed by atoms with Crippen LogP contribution in [0.3, 0.4) is 0 Å². The molecule has 10 heavy (non-hydrogen) atoms. The highest BCUT2D eigenvalue weighted by Gasteiger charge is 2.23. The van der Waals surface area contributed by atoms with E-state index >= 15 is 0 Å². The van der Waals surface area contributed by atoms with Crippen LogP contribution in [0.15, 0.2) is 0 Å². The van der Waals surface area contributed by atoms with E-state index in [0.29, 0.717) is 0 Å². The van der Waals surface area contributed by atoms with Crippen LogP contribution in [0.1, 0.15) is 6.92 Å². The lowest BCUT2D eigenvalue weighted by atomic mass is 10.2. The molecule has 0 bridgehead atoms. The molecule has 1 N–H and O–H groups in total. The summed E-state index contributed by atoms with van der Waals surface area (Å²) in [6.45, 7) is 0.910. The predicted octanol–water partition coefficient (Wildman–Crippen LogP) is 0.471. The van der Waals surface area contributed by atoms with Gasteiger partial charge in [0.2, 0.25) is 0 Å². The van der Waals surface area contributed by atoms with E-state index in [4.69, 9.17) is 0 Å². The van der Waals surface area contributed by atoms with Gasteiger partial charge in [0.15, 0.2) is 18.1 Å². The molecule has 0 heterocycles. The minimum absolute atomic E-state index is 0.124. The van der Waals surface area contributed by atoms with E-state index in [1.54, 1.807) is 0 Å². The number of halogens is 2. The summed E-state index contributed by atoms with van der Waals surface area (Å²) >= 11 is 0. The SMILES string of the molecule is CNCC(F)C(F)C(C)=O. The van der Waals surface area contributed by atoms with Crippen LogP contribution in [0.25, 0.3) is 0 Å². The molecule has 0 aromatic heterocycles. The van der Waals surface area contributed by atoms with Crippen LogP contribution in [-0.4, -0.2) is 31.7 Å². The molecule has 0 aromatic carbocycles. The smallest absolute Gasteiger partial charge is 0.190 e. The Morgan fingerprint density at radius 1 is 1.60 bits per heavy atom. The first-order chi connectivity index (χ1) is 4.59. The molecule has 60 valence electrons. The highest BCUT2D eigenvalue weighted by Crippen LogP contribution is 2.03. The average molecular weight is 151 g/mol. The summed E-state index contributed by atoms with van der Waals surface area (Å²) in [6, 6.07) is 0. The zero-order valence-corrected chi connectivity index (χ0v) is 6.03. The van der Waals surface area contributed by atoms with Crippen LogP contribution < -0.4 is 5.32 Å². The van der Waals surface area contributed by atoms with E-state index in [1.165, 1.54) is 7.05 Å². The topological polar surface area (TPSA) is 29.1 Å². The van der Waals surface area contributed by atoms with Gasteiger partial charge >= 0.3 is 0 Å². The van der Waals surface area contributed by atoms with Crippen molar-refractivity contribution in [2.75, 3.05) is 13.6 Å². The zero-order valence-electron chi connectivity index (χ0n) is 6.03. The number of nitrogens with one attached hydrogen (secondary N) is 1. The maximum atomic E-state index is 12.4. The molecule has 0 amide bonds. The van der Waals surface area contributed by atoms with Crippen LogP contribution in [0.5, 0.6) is 0 Å². The van der Waals surface area contributed by atoms with Crippen molar-refractivity contribution in [2.24, 2.45) is 0 Å². The molecular weight excluding hydrogens is 140 g/mol. The Morgan fingerprint density at radius 2 is 2.10 bits per heavy atom. The molecule has 0 aliphatic carbocycles. The molecule has 0 aliphatic heterocycles. The number of alkyl halides is 2. The maximum absolute atomic E-state index is 12.4. The first-order valence-electron chi connectivity index (χ1n) is 3.02. The highest BCUT2D eigenvalue weighted by atomic mass is 19.2. The van der Waals surface area contributed by atoms with Crippen molar-refractivity contribution in [1.29, 1.82) is 0 Å². The third-order valence-electron chi connectivity index (χ3n) is 1.11. The zero-order chi connectivity index (χ0) is 8.15. The van der Waals surface area contributed by atoms with E-state index in [9.17, 15) is 13.6 Å². The van der Waals surface area contributed by atoms with Gasteiger partial charge in [0, 0.05) is 6.54 Å². The summed E-state index contributed by atoms with van der Waals surface area (Å²) in [5.41, 5.74) is 0. The fourth-order valence-electron chi connectivity index (χ4n) is 0.553. The molecule has 0 aromatic rings. The normalized spacial score (nSPS) is 16.4. The maximum Gasteiger partial charge on any atom is 0.190 e. The second-order valence-corrected chi connectivity index (χ2v) is 2.09. The first kappa shape index (κ1) is 9.49. The number of carbonyl (C=O) groups is 1. The van der Waals surface area contributed by atoms with Crippen molar-refractivity contribution in [1.82, 2.24) is 5.32 Å². The van der Waals surface area contributed by atoms with Gasteiger partial charge in [0.25, 0.3) is 0 Å². The summed E-state index contributed by atoms with van der Waals surface area (Å²) in [5.74, 6) is -0.761. The van der Waals surface area contributed by atoms with E-state index in [-0.39, 0.29) is 6.54 Å². The van der Waals surface area contributed by atoms with Crippen LogP contribution in [0.2, 0.25) is 0 Å². The fourth-order valence-corrected chi connectivity index (χ4v) is 0.553. The van der Waals surface area contributed by atoms with Gasteiger partial charge in [-0.3, -0.25) is 4.79 Å². The van der Waals surface area contributed by atoms with Crippen molar-refractivity contribution in [3.05, 3.63) is 0 Å². The molecule has 0 rings (SSSR count). The standard InChI is InChI=1S/C6H11F2NO/c1-4(10)6(8)5(7)3-9-2/h5-6,9H,3H2,1-2H3. The fraction of sp³-hybridized carbons (Fsp3) is 0.833. The van der Waals surface area contributed by atoms with E-state index in [2.05, 4.69) is 5.32 Å². The van der Waals surface area contributed by atoms with Crippen molar-refractivity contribution in [3.8, 4) is 0 Å². The van der Waals surface area contributed by atoms with Gasteiger partial charge in [-0.15, -0.1) is 0 Å². The molecule has 2 nitrogen and oxygen atoms in total. The van der Waals surface area contributed by atoms with E-state index in [0.717, 1.165) is 6.92 Å². The Labute approximate surface area is 58.6 Å². The number of Topliss-reactive ketones (excluding diaryl/α,β-unsaturated/α-hetero) is 1. The Morgan fingerprint density at radius 3 is 2.40 bits per heavy atom. The molecule has 0 aliphatic rings. The Bertz CT molecular complexity index is 118. The molecule has 0 radical (unpaired) electrons. The monoisotopic (exact) mass is 151 g/mol. The first-order valence-corrected chi connectivity index (χ1v) is 3.02. The Hall–Kier alpha value is -0.510. The van der Waals surface area contributed by atoms with Crippen molar-refractivity contribution in [3.63, 3.8) is 0 Å². The summed E-state index contributed by atoms with van der Waals surface area (Å²) in [4.78, 5) is 10.2. The minimum Gasteiger partial charge on any atom is -0.317 e. The van der Waals surface area contributed by atoms with E-state index < -0.39 is 18.1 Å². The molecule has 0 saturated heterocycles. The predicted molar refractivity (Wildman–Crippen MR) is 34.4 cm³/mol. The lowest BCUT2D eigenvalue weighted by molar-refractivity contribution is -0.123. The summed E-state index contributed by atoms with van der Waals surface area (Å²) in [6.07, 6.45) is -3.70. The van der Waals surface area contributed by atoms with Crippen LogP contribution >= 0.6 is 0 Å². The third-order valence-corrected chi connectivity index (χ3v) is 1.11. The second kappa shape index (κ2) is 4.33. The van der Waals surface area contributed by atoms with Gasteiger partial charge in [-0.05, 0) is 14.0 Å². The molecule has 2 unspecified atom stereocenters. The van der Waals surface area contributed by atoms with Crippen LogP contribution in [0, 0.1) is 0 Å². The van der Waals surface area contributed by atoms with Gasteiger partial charge in [0.05, 0.1) is 0 Å². The van der Waals surface area contributed by atoms with Crippen molar-refractivity contribution in [2.45, 2.75) is 19.3 Å². The number of ketones is 1. The molecular formula is C6H11F2NO. The Kier molecular flexibility index (Phi) is 4.11. The average Bonchev–Trinajstić information content (AvgIpc) is 1.87. The van der Waals surface area contributed by atoms with Gasteiger partial charge in [0.1, 0.15) is 0 Å². The number of hydrogen-bond donors (Lipinski definition) is 1. The van der Waals surface area contributed by atoms with Crippen molar-refractivity contribution < 1.29 is 13.6 Å². The highest BCUT2D eigenvalue weighted by molar-refractivity contribution is 5.80. The summed E-state index contributed by atoms with van der Waals surface area (Å²) in [7, 11) is 1.50.